The Labute approximate surface area is 167 Å². The number of carbonyl (C=O) groups excluding carboxylic acids is 1. The van der Waals surface area contributed by atoms with Crippen LogP contribution in [0.5, 0.6) is 5.75 Å². The number of hydrogen-bond donors (Lipinski definition) is 1. The van der Waals surface area contributed by atoms with E-state index in [0.29, 0.717) is 23.7 Å². The van der Waals surface area contributed by atoms with Crippen molar-refractivity contribution in [1.82, 2.24) is 0 Å². The van der Waals surface area contributed by atoms with E-state index in [1.54, 1.807) is 30.3 Å². The van der Waals surface area contributed by atoms with Crippen molar-refractivity contribution in [3.63, 3.8) is 0 Å². The quantitative estimate of drug-likeness (QED) is 0.607. The van der Waals surface area contributed by atoms with E-state index in [1.807, 2.05) is 26.0 Å². The lowest BCUT2D eigenvalue weighted by Gasteiger charge is -2.24. The molecule has 0 aliphatic heterocycles. The lowest BCUT2D eigenvalue weighted by molar-refractivity contribution is -0.114. The highest BCUT2D eigenvalue weighted by molar-refractivity contribution is 14.1. The molecule has 6 nitrogen and oxygen atoms in total. The number of nitrogens with zero attached hydrogens (tertiary/aromatic N) is 1. The standard InChI is InChI=1S/C18H21IN2O4S/c1-4-25-17-8-6-5-7-16(17)21(26(3,23)24)12-18(22)20-15-10-9-14(19)11-13(15)2/h5-11H,4,12H2,1-3H3,(H,20,22). The molecule has 1 amide bonds. The highest BCUT2D eigenvalue weighted by Gasteiger charge is 2.24. The summed E-state index contributed by atoms with van der Waals surface area (Å²) in [7, 11) is -3.67. The number of para-hydroxylation sites is 2. The van der Waals surface area contributed by atoms with E-state index in [0.717, 1.165) is 19.7 Å². The average molecular weight is 488 g/mol. The highest BCUT2D eigenvalue weighted by atomic mass is 127. The van der Waals surface area contributed by atoms with Gasteiger partial charge >= 0.3 is 0 Å². The Morgan fingerprint density at radius 3 is 2.54 bits per heavy atom. The minimum atomic E-state index is -3.67. The summed E-state index contributed by atoms with van der Waals surface area (Å²) < 4.78 is 32.2. The Kier molecular flexibility index (Phi) is 6.87. The van der Waals surface area contributed by atoms with Gasteiger partial charge in [-0.1, -0.05) is 12.1 Å². The fraction of sp³-hybridized carbons (Fsp3) is 0.278. The molecule has 26 heavy (non-hydrogen) atoms. The molecule has 0 aliphatic carbocycles. The van der Waals surface area contributed by atoms with Gasteiger partial charge in [0.15, 0.2) is 0 Å². The maximum atomic E-state index is 12.5. The number of carbonyl (C=O) groups is 1. The van der Waals surface area contributed by atoms with Crippen LogP contribution in [0.2, 0.25) is 0 Å². The summed E-state index contributed by atoms with van der Waals surface area (Å²) in [5.41, 5.74) is 1.90. The van der Waals surface area contributed by atoms with Crippen molar-refractivity contribution < 1.29 is 17.9 Å². The minimum Gasteiger partial charge on any atom is -0.492 e. The monoisotopic (exact) mass is 488 g/mol. The third-order valence-electron chi connectivity index (χ3n) is 3.58. The topological polar surface area (TPSA) is 75.7 Å². The molecule has 0 atom stereocenters. The summed E-state index contributed by atoms with van der Waals surface area (Å²) in [5, 5.41) is 2.77. The van der Waals surface area contributed by atoms with Crippen LogP contribution in [-0.4, -0.2) is 33.7 Å². The number of nitrogens with one attached hydrogen (secondary N) is 1. The van der Waals surface area contributed by atoms with Crippen LogP contribution in [0.3, 0.4) is 0 Å². The number of rotatable bonds is 7. The van der Waals surface area contributed by atoms with Crippen molar-refractivity contribution in [1.29, 1.82) is 0 Å². The van der Waals surface area contributed by atoms with Gasteiger partial charge in [-0.15, -0.1) is 0 Å². The van der Waals surface area contributed by atoms with E-state index < -0.39 is 15.9 Å². The van der Waals surface area contributed by atoms with Crippen molar-refractivity contribution in [2.45, 2.75) is 13.8 Å². The van der Waals surface area contributed by atoms with Crippen LogP contribution in [-0.2, 0) is 14.8 Å². The van der Waals surface area contributed by atoms with Crippen molar-refractivity contribution >= 4 is 49.9 Å². The van der Waals surface area contributed by atoms with E-state index in [-0.39, 0.29) is 6.54 Å². The molecular weight excluding hydrogens is 467 g/mol. The molecule has 1 N–H and O–H groups in total. The molecule has 2 aromatic carbocycles. The molecular formula is C18H21IN2O4S. The molecule has 0 unspecified atom stereocenters. The molecule has 2 rings (SSSR count). The molecule has 8 heteroatoms. The van der Waals surface area contributed by atoms with E-state index in [1.165, 1.54) is 0 Å². The maximum Gasteiger partial charge on any atom is 0.245 e. The molecule has 0 saturated carbocycles. The zero-order chi connectivity index (χ0) is 19.3. The van der Waals surface area contributed by atoms with E-state index in [4.69, 9.17) is 4.74 Å². The van der Waals surface area contributed by atoms with E-state index in [9.17, 15) is 13.2 Å². The number of benzene rings is 2. The minimum absolute atomic E-state index is 0.339. The molecule has 0 fully saturated rings. The van der Waals surface area contributed by atoms with Gasteiger partial charge in [-0.3, -0.25) is 9.10 Å². The third-order valence-corrected chi connectivity index (χ3v) is 5.38. The van der Waals surface area contributed by atoms with E-state index >= 15 is 0 Å². The second kappa shape index (κ2) is 8.72. The predicted molar refractivity (Wildman–Crippen MR) is 112 cm³/mol. The molecule has 0 aliphatic rings. The maximum absolute atomic E-state index is 12.5. The first-order valence-electron chi connectivity index (χ1n) is 7.98. The van der Waals surface area contributed by atoms with Crippen molar-refractivity contribution in [2.24, 2.45) is 0 Å². The SMILES string of the molecule is CCOc1ccccc1N(CC(=O)Nc1ccc(I)cc1C)S(C)(=O)=O. The van der Waals surface area contributed by atoms with Crippen LogP contribution in [0.15, 0.2) is 42.5 Å². The molecule has 0 radical (unpaired) electrons. The van der Waals surface area contributed by atoms with Gasteiger partial charge in [0.2, 0.25) is 15.9 Å². The first kappa shape index (κ1) is 20.5. The number of aryl methyl sites for hydroxylation is 1. The van der Waals surface area contributed by atoms with Crippen LogP contribution < -0.4 is 14.4 Å². The van der Waals surface area contributed by atoms with Crippen LogP contribution in [0.4, 0.5) is 11.4 Å². The summed E-state index contributed by atoms with van der Waals surface area (Å²) in [6.45, 7) is 3.75. The fourth-order valence-electron chi connectivity index (χ4n) is 2.41. The molecule has 0 heterocycles. The van der Waals surface area contributed by atoms with Gasteiger partial charge in [0.1, 0.15) is 12.3 Å². The summed E-state index contributed by atoms with van der Waals surface area (Å²) in [6, 6.07) is 12.4. The Hall–Kier alpha value is -1.81. The van der Waals surface area contributed by atoms with Crippen molar-refractivity contribution in [3.05, 3.63) is 51.6 Å². The van der Waals surface area contributed by atoms with Gasteiger partial charge in [0.25, 0.3) is 0 Å². The second-order valence-electron chi connectivity index (χ2n) is 5.68. The molecule has 0 bridgehead atoms. The molecule has 0 aromatic heterocycles. The highest BCUT2D eigenvalue weighted by Crippen LogP contribution is 2.30. The van der Waals surface area contributed by atoms with Gasteiger partial charge in [-0.2, -0.15) is 0 Å². The number of halogens is 1. The van der Waals surface area contributed by atoms with Crippen LogP contribution in [0.25, 0.3) is 0 Å². The lowest BCUT2D eigenvalue weighted by atomic mass is 10.2. The Bertz CT molecular complexity index is 900. The van der Waals surface area contributed by atoms with E-state index in [2.05, 4.69) is 27.9 Å². The molecule has 140 valence electrons. The molecule has 0 spiro atoms. The number of amides is 1. The summed E-state index contributed by atoms with van der Waals surface area (Å²) >= 11 is 2.19. The zero-order valence-electron chi connectivity index (χ0n) is 14.8. The van der Waals surface area contributed by atoms with Crippen molar-refractivity contribution in [2.75, 3.05) is 29.0 Å². The number of ether oxygens (including phenoxy) is 1. The molecule has 0 saturated heterocycles. The van der Waals surface area contributed by atoms with Crippen LogP contribution in [0, 0.1) is 10.5 Å². The zero-order valence-corrected chi connectivity index (χ0v) is 17.8. The fourth-order valence-corrected chi connectivity index (χ4v) is 3.92. The van der Waals surface area contributed by atoms with Crippen molar-refractivity contribution in [3.8, 4) is 5.75 Å². The van der Waals surface area contributed by atoms with Gasteiger partial charge in [-0.05, 0) is 72.3 Å². The summed E-state index contributed by atoms with van der Waals surface area (Å²) in [6.07, 6.45) is 1.07. The Morgan fingerprint density at radius 2 is 1.92 bits per heavy atom. The average Bonchev–Trinajstić information content (AvgIpc) is 2.55. The first-order chi connectivity index (χ1) is 12.2. The summed E-state index contributed by atoms with van der Waals surface area (Å²) in [5.74, 6) is -0.00953. The Balaban J connectivity index is 2.28. The number of hydrogen-bond acceptors (Lipinski definition) is 4. The van der Waals surface area contributed by atoms with Gasteiger partial charge in [-0.25, -0.2) is 8.42 Å². The largest absolute Gasteiger partial charge is 0.492 e. The van der Waals surface area contributed by atoms with Gasteiger partial charge in [0.05, 0.1) is 18.6 Å². The van der Waals surface area contributed by atoms with Gasteiger partial charge in [0, 0.05) is 9.26 Å². The molecule has 2 aromatic rings. The normalized spacial score (nSPS) is 11.1. The lowest BCUT2D eigenvalue weighted by Crippen LogP contribution is -2.37. The second-order valence-corrected chi connectivity index (χ2v) is 8.83. The first-order valence-corrected chi connectivity index (χ1v) is 10.9. The smallest absolute Gasteiger partial charge is 0.245 e. The predicted octanol–water partition coefficient (Wildman–Crippen LogP) is 3.40. The van der Waals surface area contributed by atoms with Crippen LogP contribution >= 0.6 is 22.6 Å². The summed E-state index contributed by atoms with van der Waals surface area (Å²) in [4.78, 5) is 12.5. The Morgan fingerprint density at radius 1 is 1.23 bits per heavy atom. The van der Waals surface area contributed by atoms with Crippen LogP contribution in [0.1, 0.15) is 12.5 Å². The number of anilines is 2. The number of sulfonamides is 1. The van der Waals surface area contributed by atoms with Gasteiger partial charge < -0.3 is 10.1 Å². The third kappa shape index (κ3) is 5.34.